The quantitative estimate of drug-likeness (QED) is 0.861. The molecule has 1 aromatic heterocycles. The van der Waals surface area contributed by atoms with Gasteiger partial charge >= 0.3 is 0 Å². The Kier molecular flexibility index (Phi) is 4.51. The van der Waals surface area contributed by atoms with Gasteiger partial charge in [0, 0.05) is 31.5 Å². The molecule has 17 heavy (non-hydrogen) atoms. The van der Waals surface area contributed by atoms with Crippen LogP contribution < -0.4 is 5.32 Å². The minimum atomic E-state index is 0.653. The van der Waals surface area contributed by atoms with Gasteiger partial charge in [0.15, 0.2) is 0 Å². The standard InChI is InChI=1S/C14H23N3/c1-12-5-7-16-14(8-12)11-17(2)10-13-4-3-6-15-9-13/h3-4,6,9,12,14,16H,5,7-8,10-11H2,1-2H3. The highest BCUT2D eigenvalue weighted by Gasteiger charge is 2.19. The SMILES string of the molecule is CC1CCNC(CN(C)Cc2cccnc2)C1. The Morgan fingerprint density at radius 3 is 3.12 bits per heavy atom. The van der Waals surface area contributed by atoms with E-state index in [1.807, 2.05) is 18.5 Å². The minimum Gasteiger partial charge on any atom is -0.313 e. The van der Waals surface area contributed by atoms with Gasteiger partial charge in [-0.2, -0.15) is 0 Å². The summed E-state index contributed by atoms with van der Waals surface area (Å²) in [5.41, 5.74) is 1.29. The summed E-state index contributed by atoms with van der Waals surface area (Å²) in [6.45, 7) is 5.64. The number of hydrogen-bond donors (Lipinski definition) is 1. The van der Waals surface area contributed by atoms with Gasteiger partial charge in [-0.05, 0) is 44.0 Å². The van der Waals surface area contributed by atoms with Crippen molar-refractivity contribution in [2.24, 2.45) is 5.92 Å². The molecule has 0 aromatic carbocycles. The molecule has 3 nitrogen and oxygen atoms in total. The predicted octanol–water partition coefficient (Wildman–Crippen LogP) is 1.90. The van der Waals surface area contributed by atoms with Crippen molar-refractivity contribution < 1.29 is 0 Å². The van der Waals surface area contributed by atoms with E-state index in [2.05, 4.69) is 35.2 Å². The number of piperidine rings is 1. The van der Waals surface area contributed by atoms with Crippen LogP contribution in [0.5, 0.6) is 0 Å². The molecule has 0 radical (unpaired) electrons. The van der Waals surface area contributed by atoms with Crippen molar-refractivity contribution in [3.8, 4) is 0 Å². The Balaban J connectivity index is 1.79. The molecule has 0 spiro atoms. The maximum absolute atomic E-state index is 4.15. The number of rotatable bonds is 4. The fourth-order valence-corrected chi connectivity index (χ4v) is 2.60. The summed E-state index contributed by atoms with van der Waals surface area (Å²) < 4.78 is 0. The van der Waals surface area contributed by atoms with Crippen LogP contribution in [0.1, 0.15) is 25.3 Å². The smallest absolute Gasteiger partial charge is 0.0312 e. The second-order valence-electron chi connectivity index (χ2n) is 5.34. The third kappa shape index (κ3) is 4.10. The van der Waals surface area contributed by atoms with Crippen LogP contribution in [0.4, 0.5) is 0 Å². The molecule has 1 N–H and O–H groups in total. The fraction of sp³-hybridized carbons (Fsp3) is 0.643. The third-order valence-corrected chi connectivity index (χ3v) is 3.46. The first kappa shape index (κ1) is 12.5. The van der Waals surface area contributed by atoms with E-state index in [1.54, 1.807) is 0 Å². The zero-order chi connectivity index (χ0) is 12.1. The van der Waals surface area contributed by atoms with Gasteiger partial charge in [-0.3, -0.25) is 4.98 Å². The minimum absolute atomic E-state index is 0.653. The van der Waals surface area contributed by atoms with Crippen molar-refractivity contribution >= 4 is 0 Å². The lowest BCUT2D eigenvalue weighted by molar-refractivity contribution is 0.230. The van der Waals surface area contributed by atoms with Crippen LogP contribution in [0, 0.1) is 5.92 Å². The van der Waals surface area contributed by atoms with E-state index in [9.17, 15) is 0 Å². The van der Waals surface area contributed by atoms with Gasteiger partial charge in [-0.1, -0.05) is 13.0 Å². The molecule has 1 fully saturated rings. The summed E-state index contributed by atoms with van der Waals surface area (Å²) in [5.74, 6) is 0.869. The lowest BCUT2D eigenvalue weighted by atomic mass is 9.94. The number of nitrogens with zero attached hydrogens (tertiary/aromatic N) is 2. The molecule has 0 aliphatic carbocycles. The van der Waals surface area contributed by atoms with E-state index >= 15 is 0 Å². The first-order valence-electron chi connectivity index (χ1n) is 6.55. The molecule has 2 rings (SSSR count). The summed E-state index contributed by atoms with van der Waals surface area (Å²) in [6, 6.07) is 4.80. The Labute approximate surface area is 104 Å². The molecule has 2 unspecified atom stereocenters. The molecule has 2 atom stereocenters. The summed E-state index contributed by atoms with van der Waals surface area (Å²) >= 11 is 0. The van der Waals surface area contributed by atoms with Gasteiger partial charge in [-0.15, -0.1) is 0 Å². The molecule has 2 heterocycles. The summed E-state index contributed by atoms with van der Waals surface area (Å²) in [6.07, 6.45) is 6.40. The summed E-state index contributed by atoms with van der Waals surface area (Å²) in [7, 11) is 2.19. The second kappa shape index (κ2) is 6.12. The zero-order valence-electron chi connectivity index (χ0n) is 10.9. The van der Waals surface area contributed by atoms with Crippen molar-refractivity contribution in [2.45, 2.75) is 32.4 Å². The van der Waals surface area contributed by atoms with Crippen molar-refractivity contribution in [1.29, 1.82) is 0 Å². The maximum Gasteiger partial charge on any atom is 0.0312 e. The van der Waals surface area contributed by atoms with Gasteiger partial charge in [0.25, 0.3) is 0 Å². The molecule has 1 aliphatic heterocycles. The molecular formula is C14H23N3. The predicted molar refractivity (Wildman–Crippen MR) is 70.8 cm³/mol. The van der Waals surface area contributed by atoms with Gasteiger partial charge in [0.05, 0.1) is 0 Å². The van der Waals surface area contributed by atoms with E-state index in [-0.39, 0.29) is 0 Å². The van der Waals surface area contributed by atoms with Gasteiger partial charge in [-0.25, -0.2) is 0 Å². The average molecular weight is 233 g/mol. The summed E-state index contributed by atoms with van der Waals surface area (Å²) in [5, 5.41) is 3.61. The van der Waals surface area contributed by atoms with Crippen molar-refractivity contribution in [2.75, 3.05) is 20.1 Å². The molecule has 0 amide bonds. The molecule has 0 bridgehead atoms. The molecule has 1 aromatic rings. The Morgan fingerprint density at radius 1 is 1.53 bits per heavy atom. The third-order valence-electron chi connectivity index (χ3n) is 3.46. The van der Waals surface area contributed by atoms with Crippen LogP contribution in [0.25, 0.3) is 0 Å². The largest absolute Gasteiger partial charge is 0.313 e. The van der Waals surface area contributed by atoms with E-state index < -0.39 is 0 Å². The molecular weight excluding hydrogens is 210 g/mol. The number of aromatic nitrogens is 1. The molecule has 94 valence electrons. The first-order valence-corrected chi connectivity index (χ1v) is 6.55. The van der Waals surface area contributed by atoms with Gasteiger partial charge < -0.3 is 10.2 Å². The topological polar surface area (TPSA) is 28.2 Å². The summed E-state index contributed by atoms with van der Waals surface area (Å²) in [4.78, 5) is 6.54. The Morgan fingerprint density at radius 2 is 2.41 bits per heavy atom. The average Bonchev–Trinajstić information content (AvgIpc) is 2.30. The first-order chi connectivity index (χ1) is 8.24. The Bertz CT molecular complexity index is 325. The van der Waals surface area contributed by atoms with Crippen molar-refractivity contribution in [3.05, 3.63) is 30.1 Å². The Hall–Kier alpha value is -0.930. The highest BCUT2D eigenvalue weighted by Crippen LogP contribution is 2.16. The zero-order valence-corrected chi connectivity index (χ0v) is 10.9. The van der Waals surface area contributed by atoms with Crippen LogP contribution in [0.3, 0.4) is 0 Å². The van der Waals surface area contributed by atoms with E-state index in [0.29, 0.717) is 6.04 Å². The van der Waals surface area contributed by atoms with E-state index in [0.717, 1.165) is 19.0 Å². The van der Waals surface area contributed by atoms with Crippen molar-refractivity contribution in [1.82, 2.24) is 15.2 Å². The van der Waals surface area contributed by atoms with E-state index in [1.165, 1.54) is 24.9 Å². The number of nitrogens with one attached hydrogen (secondary N) is 1. The van der Waals surface area contributed by atoms with Gasteiger partial charge in [0.2, 0.25) is 0 Å². The van der Waals surface area contributed by atoms with E-state index in [4.69, 9.17) is 0 Å². The lowest BCUT2D eigenvalue weighted by Crippen LogP contribution is -2.44. The van der Waals surface area contributed by atoms with Gasteiger partial charge in [0.1, 0.15) is 0 Å². The molecule has 1 saturated heterocycles. The maximum atomic E-state index is 4.15. The molecule has 3 heteroatoms. The van der Waals surface area contributed by atoms with Crippen LogP contribution in [-0.4, -0.2) is 36.1 Å². The number of hydrogen-bond acceptors (Lipinski definition) is 3. The van der Waals surface area contributed by atoms with Crippen molar-refractivity contribution in [3.63, 3.8) is 0 Å². The fourth-order valence-electron chi connectivity index (χ4n) is 2.60. The number of pyridine rings is 1. The molecule has 0 saturated carbocycles. The monoisotopic (exact) mass is 233 g/mol. The molecule has 1 aliphatic rings. The van der Waals surface area contributed by atoms with Crippen LogP contribution in [0.2, 0.25) is 0 Å². The van der Waals surface area contributed by atoms with Crippen LogP contribution >= 0.6 is 0 Å². The normalized spacial score (nSPS) is 25.1. The highest BCUT2D eigenvalue weighted by atomic mass is 15.1. The second-order valence-corrected chi connectivity index (χ2v) is 5.34. The highest BCUT2D eigenvalue weighted by molar-refractivity contribution is 5.08. The van der Waals surface area contributed by atoms with Crippen LogP contribution in [-0.2, 0) is 6.54 Å². The number of likely N-dealkylation sites (N-methyl/N-ethyl adjacent to an activating group) is 1. The lowest BCUT2D eigenvalue weighted by Gasteiger charge is -2.31. The van der Waals surface area contributed by atoms with Crippen LogP contribution in [0.15, 0.2) is 24.5 Å².